The second-order valence-corrected chi connectivity index (χ2v) is 6.23. The molecule has 0 spiro atoms. The van der Waals surface area contributed by atoms with E-state index in [-0.39, 0.29) is 5.41 Å². The summed E-state index contributed by atoms with van der Waals surface area (Å²) in [7, 11) is 1.84. The minimum absolute atomic E-state index is 0.185. The summed E-state index contributed by atoms with van der Waals surface area (Å²) in [6.07, 6.45) is 4.42. The fraction of sp³-hybridized carbons (Fsp3) is 0.471. The SMILES string of the molecule is CN=C(NCCn1cncn1)N1CCC(C)(c2ccccc2)C1. The number of nitrogens with one attached hydrogen (secondary N) is 1. The van der Waals surface area contributed by atoms with Gasteiger partial charge in [-0.2, -0.15) is 5.10 Å². The molecule has 0 saturated carbocycles. The van der Waals surface area contributed by atoms with Crippen molar-refractivity contribution in [3.63, 3.8) is 0 Å². The van der Waals surface area contributed by atoms with Crippen LogP contribution in [0.2, 0.25) is 0 Å². The van der Waals surface area contributed by atoms with Crippen LogP contribution in [0.4, 0.5) is 0 Å². The van der Waals surface area contributed by atoms with Crippen LogP contribution in [-0.2, 0) is 12.0 Å². The summed E-state index contributed by atoms with van der Waals surface area (Å²) in [5.74, 6) is 0.963. The highest BCUT2D eigenvalue weighted by Gasteiger charge is 2.36. The molecule has 1 saturated heterocycles. The average molecular weight is 312 g/mol. The van der Waals surface area contributed by atoms with Gasteiger partial charge in [-0.05, 0) is 12.0 Å². The molecule has 1 unspecified atom stereocenters. The van der Waals surface area contributed by atoms with Crippen LogP contribution in [-0.4, -0.2) is 52.3 Å². The first kappa shape index (κ1) is 15.5. The maximum absolute atomic E-state index is 4.43. The van der Waals surface area contributed by atoms with E-state index in [2.05, 4.69) is 62.5 Å². The maximum Gasteiger partial charge on any atom is 0.193 e. The third-order valence-corrected chi connectivity index (χ3v) is 4.55. The number of guanidine groups is 1. The Kier molecular flexibility index (Phi) is 4.60. The molecule has 122 valence electrons. The van der Waals surface area contributed by atoms with E-state index in [0.717, 1.165) is 38.6 Å². The Morgan fingerprint density at radius 3 is 2.87 bits per heavy atom. The zero-order valence-corrected chi connectivity index (χ0v) is 13.8. The lowest BCUT2D eigenvalue weighted by Crippen LogP contribution is -2.42. The highest BCUT2D eigenvalue weighted by atomic mass is 15.3. The summed E-state index contributed by atoms with van der Waals surface area (Å²) in [6.45, 7) is 5.91. The molecule has 6 heteroatoms. The van der Waals surface area contributed by atoms with Gasteiger partial charge in [0.05, 0.1) is 6.54 Å². The Labute approximate surface area is 137 Å². The van der Waals surface area contributed by atoms with Crippen molar-refractivity contribution >= 4 is 5.96 Å². The molecule has 3 rings (SSSR count). The molecule has 1 N–H and O–H groups in total. The summed E-state index contributed by atoms with van der Waals surface area (Å²) >= 11 is 0. The Hall–Kier alpha value is -2.37. The largest absolute Gasteiger partial charge is 0.354 e. The van der Waals surface area contributed by atoms with Gasteiger partial charge >= 0.3 is 0 Å². The zero-order chi connectivity index (χ0) is 16.1. The van der Waals surface area contributed by atoms with Gasteiger partial charge in [0, 0.05) is 32.1 Å². The van der Waals surface area contributed by atoms with Crippen molar-refractivity contribution in [2.75, 3.05) is 26.7 Å². The molecular formula is C17H24N6. The van der Waals surface area contributed by atoms with Crippen LogP contribution in [0, 0.1) is 0 Å². The van der Waals surface area contributed by atoms with Crippen LogP contribution in [0.25, 0.3) is 0 Å². The Morgan fingerprint density at radius 2 is 2.17 bits per heavy atom. The van der Waals surface area contributed by atoms with Crippen LogP contribution in [0.3, 0.4) is 0 Å². The summed E-state index contributed by atoms with van der Waals surface area (Å²) in [6, 6.07) is 10.8. The van der Waals surface area contributed by atoms with Crippen molar-refractivity contribution in [2.24, 2.45) is 4.99 Å². The predicted molar refractivity (Wildman–Crippen MR) is 91.4 cm³/mol. The number of hydrogen-bond donors (Lipinski definition) is 1. The first-order valence-electron chi connectivity index (χ1n) is 8.05. The van der Waals surface area contributed by atoms with Crippen LogP contribution in [0.5, 0.6) is 0 Å². The van der Waals surface area contributed by atoms with Crippen molar-refractivity contribution in [3.05, 3.63) is 48.5 Å². The molecule has 1 aliphatic heterocycles. The van der Waals surface area contributed by atoms with Crippen molar-refractivity contribution < 1.29 is 0 Å². The van der Waals surface area contributed by atoms with Crippen molar-refractivity contribution in [1.29, 1.82) is 0 Å². The van der Waals surface area contributed by atoms with E-state index in [1.807, 2.05) is 11.7 Å². The number of aromatic nitrogens is 3. The first-order valence-corrected chi connectivity index (χ1v) is 8.05. The first-order chi connectivity index (χ1) is 11.2. The Bertz CT molecular complexity index is 636. The number of rotatable bonds is 4. The van der Waals surface area contributed by atoms with Gasteiger partial charge < -0.3 is 10.2 Å². The molecule has 2 heterocycles. The molecule has 6 nitrogen and oxygen atoms in total. The van der Waals surface area contributed by atoms with Gasteiger partial charge in [0.15, 0.2) is 5.96 Å². The lowest BCUT2D eigenvalue weighted by molar-refractivity contribution is 0.436. The van der Waals surface area contributed by atoms with Crippen molar-refractivity contribution in [2.45, 2.75) is 25.3 Å². The Balaban J connectivity index is 1.58. The summed E-state index contributed by atoms with van der Waals surface area (Å²) < 4.78 is 1.82. The molecule has 0 radical (unpaired) electrons. The van der Waals surface area contributed by atoms with Gasteiger partial charge in [-0.25, -0.2) is 4.98 Å². The monoisotopic (exact) mass is 312 g/mol. The highest BCUT2D eigenvalue weighted by Crippen LogP contribution is 2.33. The van der Waals surface area contributed by atoms with E-state index in [9.17, 15) is 0 Å². The molecule has 1 atom stereocenters. The van der Waals surface area contributed by atoms with E-state index < -0.39 is 0 Å². The summed E-state index contributed by atoms with van der Waals surface area (Å²) in [4.78, 5) is 10.7. The topological polar surface area (TPSA) is 58.3 Å². The lowest BCUT2D eigenvalue weighted by atomic mass is 9.82. The number of hydrogen-bond acceptors (Lipinski definition) is 3. The van der Waals surface area contributed by atoms with Gasteiger partial charge in [0.25, 0.3) is 0 Å². The van der Waals surface area contributed by atoms with Crippen LogP contribution >= 0.6 is 0 Å². The minimum atomic E-state index is 0.185. The second-order valence-electron chi connectivity index (χ2n) is 6.23. The van der Waals surface area contributed by atoms with Crippen LogP contribution in [0.1, 0.15) is 18.9 Å². The third-order valence-electron chi connectivity index (χ3n) is 4.55. The van der Waals surface area contributed by atoms with Crippen LogP contribution in [0.15, 0.2) is 48.0 Å². The smallest absolute Gasteiger partial charge is 0.193 e. The number of likely N-dealkylation sites (tertiary alicyclic amines) is 1. The van der Waals surface area contributed by atoms with Gasteiger partial charge in [-0.1, -0.05) is 37.3 Å². The van der Waals surface area contributed by atoms with Crippen LogP contribution < -0.4 is 5.32 Å². The molecule has 0 amide bonds. The zero-order valence-electron chi connectivity index (χ0n) is 13.8. The average Bonchev–Trinajstić information content (AvgIpc) is 3.23. The number of nitrogens with zero attached hydrogens (tertiary/aromatic N) is 5. The van der Waals surface area contributed by atoms with Gasteiger partial charge in [0.2, 0.25) is 0 Å². The Morgan fingerprint density at radius 1 is 1.35 bits per heavy atom. The van der Waals surface area contributed by atoms with E-state index in [0.29, 0.717) is 0 Å². The lowest BCUT2D eigenvalue weighted by Gasteiger charge is -2.27. The fourth-order valence-electron chi connectivity index (χ4n) is 3.18. The van der Waals surface area contributed by atoms with Crippen molar-refractivity contribution in [3.8, 4) is 0 Å². The molecule has 0 aliphatic carbocycles. The molecule has 1 fully saturated rings. The molecule has 2 aromatic rings. The van der Waals surface area contributed by atoms with E-state index in [1.165, 1.54) is 5.56 Å². The van der Waals surface area contributed by atoms with Crippen molar-refractivity contribution in [1.82, 2.24) is 25.0 Å². The third kappa shape index (κ3) is 3.52. The summed E-state index contributed by atoms with van der Waals surface area (Å²) in [5.41, 5.74) is 1.59. The quantitative estimate of drug-likeness (QED) is 0.687. The van der Waals surface area contributed by atoms with E-state index in [4.69, 9.17) is 0 Å². The number of aliphatic imine (C=N–C) groups is 1. The molecule has 0 bridgehead atoms. The fourth-order valence-corrected chi connectivity index (χ4v) is 3.18. The molecule has 1 aromatic carbocycles. The minimum Gasteiger partial charge on any atom is -0.354 e. The molecular weight excluding hydrogens is 288 g/mol. The normalized spacial score (nSPS) is 21.7. The summed E-state index contributed by atoms with van der Waals surface area (Å²) in [5, 5.41) is 7.54. The van der Waals surface area contributed by atoms with Gasteiger partial charge in [0.1, 0.15) is 12.7 Å². The molecule has 23 heavy (non-hydrogen) atoms. The molecule has 1 aliphatic rings. The number of benzene rings is 1. The maximum atomic E-state index is 4.43. The molecule has 1 aromatic heterocycles. The highest BCUT2D eigenvalue weighted by molar-refractivity contribution is 5.80. The van der Waals surface area contributed by atoms with E-state index >= 15 is 0 Å². The van der Waals surface area contributed by atoms with Gasteiger partial charge in [-0.3, -0.25) is 9.67 Å². The van der Waals surface area contributed by atoms with Gasteiger partial charge in [-0.15, -0.1) is 0 Å². The standard InChI is InChI=1S/C17H24N6/c1-17(15-6-4-3-5-7-15)8-10-22(12-17)16(18-2)20-9-11-23-14-19-13-21-23/h3-7,13-14H,8-12H2,1-2H3,(H,18,20). The second kappa shape index (κ2) is 6.81. The predicted octanol–water partition coefficient (Wildman–Crippen LogP) is 1.52. The van der Waals surface area contributed by atoms with E-state index in [1.54, 1.807) is 12.7 Å².